The van der Waals surface area contributed by atoms with Crippen molar-refractivity contribution < 1.29 is 9.90 Å². The molecule has 0 fully saturated rings. The molecule has 102 valence electrons. The van der Waals surface area contributed by atoms with Crippen LogP contribution in [0, 0.1) is 6.92 Å². The van der Waals surface area contributed by atoms with Gasteiger partial charge >= 0.3 is 0 Å². The van der Waals surface area contributed by atoms with Gasteiger partial charge in [0.15, 0.2) is 0 Å². The van der Waals surface area contributed by atoms with Gasteiger partial charge in [-0.25, -0.2) is 5.43 Å². The quantitative estimate of drug-likeness (QED) is 0.669. The van der Waals surface area contributed by atoms with Crippen molar-refractivity contribution in [1.29, 1.82) is 0 Å². The minimum Gasteiger partial charge on any atom is -0.507 e. The van der Waals surface area contributed by atoms with Crippen LogP contribution in [0.15, 0.2) is 46.0 Å². The average molecular weight is 334 g/mol. The molecule has 6 heteroatoms. The fraction of sp³-hybridized carbons (Fsp3) is 0.0714. The maximum Gasteiger partial charge on any atom is 0.275 e. The fourth-order valence-corrected chi connectivity index (χ4v) is 1.90. The number of aryl methyl sites for hydroxylation is 1. The molecule has 0 radical (unpaired) electrons. The first-order chi connectivity index (χ1) is 9.56. The second-order valence-corrected chi connectivity index (χ2v) is 4.98. The molecule has 0 saturated heterocycles. The number of phenols is 1. The van der Waals surface area contributed by atoms with Crippen LogP contribution in [0.1, 0.15) is 21.7 Å². The number of carbonyl (C=O) groups is 1. The number of rotatable bonds is 3. The number of nitrogens with zero attached hydrogens (tertiary/aromatic N) is 2. The Hall–Kier alpha value is -2.21. The molecule has 2 aromatic rings. The lowest BCUT2D eigenvalue weighted by Crippen LogP contribution is -2.17. The number of aromatic nitrogens is 1. The van der Waals surface area contributed by atoms with Gasteiger partial charge in [-0.15, -0.1) is 0 Å². The number of hydrogen-bond acceptors (Lipinski definition) is 4. The fourth-order valence-electron chi connectivity index (χ4n) is 1.54. The van der Waals surface area contributed by atoms with E-state index in [-0.39, 0.29) is 11.3 Å². The van der Waals surface area contributed by atoms with Crippen LogP contribution in [0.3, 0.4) is 0 Å². The van der Waals surface area contributed by atoms with Gasteiger partial charge in [0.05, 0.1) is 17.5 Å². The summed E-state index contributed by atoms with van der Waals surface area (Å²) in [6.07, 6.45) is 1.44. The predicted octanol–water partition coefficient (Wildman–Crippen LogP) is 2.62. The second-order valence-electron chi connectivity index (χ2n) is 4.06. The number of halogens is 1. The Balaban J connectivity index is 2.07. The van der Waals surface area contributed by atoms with Gasteiger partial charge < -0.3 is 5.11 Å². The van der Waals surface area contributed by atoms with Gasteiger partial charge in [-0.2, -0.15) is 5.10 Å². The van der Waals surface area contributed by atoms with Crippen LogP contribution in [0.4, 0.5) is 0 Å². The third kappa shape index (κ3) is 3.64. The molecular formula is C14H12BrN3O2. The summed E-state index contributed by atoms with van der Waals surface area (Å²) in [5.41, 5.74) is 4.00. The number of hydrazone groups is 1. The molecule has 2 N–H and O–H groups in total. The van der Waals surface area contributed by atoms with Crippen LogP contribution in [-0.2, 0) is 0 Å². The van der Waals surface area contributed by atoms with Crippen LogP contribution < -0.4 is 5.43 Å². The molecule has 0 bridgehead atoms. The van der Waals surface area contributed by atoms with E-state index in [1.165, 1.54) is 18.3 Å². The Morgan fingerprint density at radius 3 is 2.95 bits per heavy atom. The molecule has 1 aromatic carbocycles. The molecule has 1 aromatic heterocycles. The van der Waals surface area contributed by atoms with Crippen LogP contribution in [0.5, 0.6) is 5.75 Å². The van der Waals surface area contributed by atoms with Crippen molar-refractivity contribution in [3.05, 3.63) is 57.8 Å². The molecule has 0 saturated carbocycles. The summed E-state index contributed by atoms with van der Waals surface area (Å²) in [6.45, 7) is 1.87. The van der Waals surface area contributed by atoms with Crippen LogP contribution in [-0.4, -0.2) is 22.2 Å². The molecule has 5 nitrogen and oxygen atoms in total. The number of carbonyl (C=O) groups excluding carboxylic acids is 1. The number of phenolic OH excluding ortho intramolecular Hbond substituents is 1. The topological polar surface area (TPSA) is 74.6 Å². The monoisotopic (exact) mass is 333 g/mol. The smallest absolute Gasteiger partial charge is 0.275 e. The molecule has 20 heavy (non-hydrogen) atoms. The van der Waals surface area contributed by atoms with E-state index in [4.69, 9.17) is 0 Å². The number of hydrogen-bond donors (Lipinski definition) is 2. The zero-order valence-corrected chi connectivity index (χ0v) is 12.3. The molecule has 0 spiro atoms. The highest BCUT2D eigenvalue weighted by atomic mass is 79.9. The van der Waals surface area contributed by atoms with E-state index in [1.54, 1.807) is 12.1 Å². The lowest BCUT2D eigenvalue weighted by molar-refractivity contribution is 0.0952. The van der Waals surface area contributed by atoms with E-state index in [1.807, 2.05) is 19.1 Å². The van der Waals surface area contributed by atoms with E-state index in [0.717, 1.165) is 5.69 Å². The summed E-state index contributed by atoms with van der Waals surface area (Å²) in [5, 5.41) is 13.4. The number of amides is 1. The van der Waals surface area contributed by atoms with Crippen LogP contribution in [0.25, 0.3) is 0 Å². The Morgan fingerprint density at radius 1 is 1.40 bits per heavy atom. The SMILES string of the molecule is Cc1cccc(/C=N/NC(=O)c2cc(Br)ccc2O)n1. The molecule has 0 aliphatic heterocycles. The van der Waals surface area contributed by atoms with Crippen molar-refractivity contribution >= 4 is 28.1 Å². The first kappa shape index (κ1) is 14.2. The Labute approximate surface area is 124 Å². The Morgan fingerprint density at radius 2 is 2.20 bits per heavy atom. The van der Waals surface area contributed by atoms with Gasteiger partial charge in [-0.05, 0) is 37.3 Å². The average Bonchev–Trinajstić information content (AvgIpc) is 2.41. The second kappa shape index (κ2) is 6.29. The summed E-state index contributed by atoms with van der Waals surface area (Å²) in [5.74, 6) is -0.595. The molecule has 1 amide bonds. The third-order valence-corrected chi connectivity index (χ3v) is 2.97. The number of pyridine rings is 1. The molecule has 0 atom stereocenters. The summed E-state index contributed by atoms with van der Waals surface area (Å²) in [4.78, 5) is 16.1. The highest BCUT2D eigenvalue weighted by molar-refractivity contribution is 9.10. The molecule has 1 heterocycles. The Kier molecular flexibility index (Phi) is 4.47. The number of nitrogens with one attached hydrogen (secondary N) is 1. The molecule has 0 unspecified atom stereocenters. The van der Waals surface area contributed by atoms with E-state index in [2.05, 4.69) is 31.4 Å². The van der Waals surface area contributed by atoms with Gasteiger partial charge in [-0.3, -0.25) is 9.78 Å². The summed E-state index contributed by atoms with van der Waals surface area (Å²) < 4.78 is 0.699. The van der Waals surface area contributed by atoms with Crippen molar-refractivity contribution in [2.75, 3.05) is 0 Å². The van der Waals surface area contributed by atoms with Crippen molar-refractivity contribution in [1.82, 2.24) is 10.4 Å². The van der Waals surface area contributed by atoms with Crippen molar-refractivity contribution in [2.24, 2.45) is 5.10 Å². The van der Waals surface area contributed by atoms with E-state index >= 15 is 0 Å². The highest BCUT2D eigenvalue weighted by Crippen LogP contribution is 2.21. The van der Waals surface area contributed by atoms with E-state index < -0.39 is 5.91 Å². The van der Waals surface area contributed by atoms with Crippen molar-refractivity contribution in [3.8, 4) is 5.75 Å². The summed E-state index contributed by atoms with van der Waals surface area (Å²) in [6, 6.07) is 10.1. The molecule has 0 aliphatic carbocycles. The number of benzene rings is 1. The maximum absolute atomic E-state index is 11.8. The van der Waals surface area contributed by atoms with Crippen molar-refractivity contribution in [2.45, 2.75) is 6.92 Å². The molecule has 0 aliphatic rings. The molecular weight excluding hydrogens is 322 g/mol. The van der Waals surface area contributed by atoms with Crippen molar-refractivity contribution in [3.63, 3.8) is 0 Å². The maximum atomic E-state index is 11.8. The zero-order valence-electron chi connectivity index (χ0n) is 10.7. The van der Waals surface area contributed by atoms with Gasteiger partial charge in [0.25, 0.3) is 5.91 Å². The lowest BCUT2D eigenvalue weighted by Gasteiger charge is -2.03. The molecule has 2 rings (SSSR count). The zero-order chi connectivity index (χ0) is 14.5. The van der Waals surface area contributed by atoms with Crippen LogP contribution in [0.2, 0.25) is 0 Å². The summed E-state index contributed by atoms with van der Waals surface area (Å²) in [7, 11) is 0. The first-order valence-electron chi connectivity index (χ1n) is 5.82. The van der Waals surface area contributed by atoms with E-state index in [0.29, 0.717) is 10.2 Å². The minimum absolute atomic E-state index is 0.102. The van der Waals surface area contributed by atoms with Gasteiger partial charge in [-0.1, -0.05) is 22.0 Å². The number of aromatic hydroxyl groups is 1. The normalized spacial score (nSPS) is 10.7. The van der Waals surface area contributed by atoms with Gasteiger partial charge in [0.2, 0.25) is 0 Å². The lowest BCUT2D eigenvalue weighted by atomic mass is 10.2. The Bertz CT molecular complexity index is 671. The minimum atomic E-state index is -0.493. The first-order valence-corrected chi connectivity index (χ1v) is 6.61. The third-order valence-electron chi connectivity index (χ3n) is 2.48. The van der Waals surface area contributed by atoms with Crippen LogP contribution >= 0.6 is 15.9 Å². The van der Waals surface area contributed by atoms with Gasteiger partial charge in [0.1, 0.15) is 5.75 Å². The standard InChI is InChI=1S/C14H12BrN3O2/c1-9-3-2-4-11(17-9)8-16-18-14(20)12-7-10(15)5-6-13(12)19/h2-8,19H,1H3,(H,18,20)/b16-8+. The summed E-state index contributed by atoms with van der Waals surface area (Å²) >= 11 is 3.24. The predicted molar refractivity (Wildman–Crippen MR) is 79.8 cm³/mol. The van der Waals surface area contributed by atoms with E-state index in [9.17, 15) is 9.90 Å². The highest BCUT2D eigenvalue weighted by Gasteiger charge is 2.10. The van der Waals surface area contributed by atoms with Gasteiger partial charge in [0, 0.05) is 10.2 Å². The largest absolute Gasteiger partial charge is 0.507 e.